The first kappa shape index (κ1) is 33.4. The number of hydrogen-bond acceptors (Lipinski definition) is 6. The van der Waals surface area contributed by atoms with Gasteiger partial charge >= 0.3 is 30.6 Å². The Morgan fingerprint density at radius 1 is 0.737 bits per heavy atom. The Morgan fingerprint density at radius 2 is 1.21 bits per heavy atom. The van der Waals surface area contributed by atoms with Crippen LogP contribution in [-0.2, 0) is 14.2 Å². The molecular weight excluding hydrogens is 557 g/mol. The average molecular weight is 578 g/mol. The number of benzene rings is 1. The Morgan fingerprint density at radius 3 is 1.63 bits per heavy atom. The van der Waals surface area contributed by atoms with Crippen LogP contribution in [0.3, 0.4) is 0 Å². The summed E-state index contributed by atoms with van der Waals surface area (Å²) in [5.74, 6) is -9.53. The van der Waals surface area contributed by atoms with E-state index in [0.29, 0.717) is 0 Å². The number of carbonyl (C=O) groups excluding carboxylic acids is 1. The Hall–Kier alpha value is -2.66. The van der Waals surface area contributed by atoms with E-state index in [4.69, 9.17) is 4.74 Å². The summed E-state index contributed by atoms with van der Waals surface area (Å²) in [4.78, 5) is 12.0. The summed E-state index contributed by atoms with van der Waals surface area (Å²) < 4.78 is 165. The highest BCUT2D eigenvalue weighted by Crippen LogP contribution is 2.51. The van der Waals surface area contributed by atoms with Gasteiger partial charge in [-0.05, 0) is 52.0 Å². The molecule has 6 nitrogen and oxygen atoms in total. The SMILES string of the molecule is COc1ccc(C(=O)/C=C(\O)C(F)(F)OC(F)(F)C(C)(C)OC(F)(F)C(F)(F)C(C)(C)OC(F)(F)F)cc1. The van der Waals surface area contributed by atoms with Crippen LogP contribution in [0, 0.1) is 0 Å². The van der Waals surface area contributed by atoms with E-state index in [1.165, 1.54) is 19.2 Å². The van der Waals surface area contributed by atoms with Gasteiger partial charge in [0, 0.05) is 11.6 Å². The first-order valence-electron chi connectivity index (χ1n) is 9.99. The summed E-state index contributed by atoms with van der Waals surface area (Å²) in [6.45, 7) is -0.575. The molecular formula is C21H21F11O6. The molecule has 0 aliphatic carbocycles. The lowest BCUT2D eigenvalue weighted by Crippen LogP contribution is -2.63. The number of rotatable bonds is 12. The highest BCUT2D eigenvalue weighted by atomic mass is 19.4. The number of carbonyl (C=O) groups is 1. The Labute approximate surface area is 207 Å². The summed E-state index contributed by atoms with van der Waals surface area (Å²) in [5.41, 5.74) is -8.56. The Kier molecular flexibility index (Phi) is 9.21. The largest absolute Gasteiger partial charge is 0.523 e. The van der Waals surface area contributed by atoms with E-state index in [1.807, 2.05) is 0 Å². The van der Waals surface area contributed by atoms with Crippen LogP contribution >= 0.6 is 0 Å². The zero-order valence-corrected chi connectivity index (χ0v) is 20.0. The average Bonchev–Trinajstić information content (AvgIpc) is 2.70. The molecule has 0 saturated heterocycles. The number of allylic oxidation sites excluding steroid dienone is 1. The van der Waals surface area contributed by atoms with Crippen LogP contribution < -0.4 is 4.74 Å². The van der Waals surface area contributed by atoms with Gasteiger partial charge in [0.15, 0.2) is 17.1 Å². The van der Waals surface area contributed by atoms with Gasteiger partial charge in [-0.1, -0.05) is 0 Å². The number of halogens is 11. The summed E-state index contributed by atoms with van der Waals surface area (Å²) in [7, 11) is 1.26. The second-order valence-corrected chi connectivity index (χ2v) is 8.52. The summed E-state index contributed by atoms with van der Waals surface area (Å²) in [6.07, 6.45) is -23.4. The number of aliphatic hydroxyl groups excluding tert-OH is 1. The molecule has 0 aromatic heterocycles. The van der Waals surface area contributed by atoms with E-state index in [9.17, 15) is 58.2 Å². The number of alkyl halides is 11. The zero-order chi connectivity index (χ0) is 30.2. The minimum absolute atomic E-state index is 0.131. The van der Waals surface area contributed by atoms with Gasteiger partial charge in [-0.15, -0.1) is 13.2 Å². The third-order valence-electron chi connectivity index (χ3n) is 4.77. The van der Waals surface area contributed by atoms with E-state index in [-0.39, 0.29) is 45.1 Å². The fourth-order valence-electron chi connectivity index (χ4n) is 2.53. The van der Waals surface area contributed by atoms with Crippen molar-refractivity contribution in [3.8, 4) is 5.75 Å². The van der Waals surface area contributed by atoms with Crippen LogP contribution in [-0.4, -0.2) is 59.8 Å². The molecule has 0 spiro atoms. The maximum absolute atomic E-state index is 14.4. The van der Waals surface area contributed by atoms with Crippen molar-refractivity contribution in [3.63, 3.8) is 0 Å². The molecule has 0 fully saturated rings. The first-order valence-corrected chi connectivity index (χ1v) is 9.99. The van der Waals surface area contributed by atoms with Crippen molar-refractivity contribution in [1.29, 1.82) is 0 Å². The van der Waals surface area contributed by atoms with Gasteiger partial charge in [-0.25, -0.2) is 4.74 Å². The molecule has 0 aliphatic heterocycles. The van der Waals surface area contributed by atoms with Gasteiger partial charge in [0.05, 0.1) is 7.11 Å². The maximum atomic E-state index is 14.4. The quantitative estimate of drug-likeness (QED) is 0.127. The predicted octanol–water partition coefficient (Wildman–Crippen LogP) is 6.86. The van der Waals surface area contributed by atoms with Gasteiger partial charge in [0.2, 0.25) is 0 Å². The summed E-state index contributed by atoms with van der Waals surface area (Å²) in [6, 6.07) is 4.50. The van der Waals surface area contributed by atoms with Gasteiger partial charge in [0.1, 0.15) is 11.4 Å². The lowest BCUT2D eigenvalue weighted by Gasteiger charge is -2.42. The normalized spacial score (nSPS) is 15.0. The van der Waals surface area contributed by atoms with Crippen LogP contribution in [0.25, 0.3) is 0 Å². The molecule has 0 heterocycles. The van der Waals surface area contributed by atoms with Crippen molar-refractivity contribution in [2.45, 2.75) is 69.5 Å². The highest BCUT2D eigenvalue weighted by molar-refractivity contribution is 6.04. The van der Waals surface area contributed by atoms with E-state index < -0.39 is 53.4 Å². The van der Waals surface area contributed by atoms with Crippen LogP contribution in [0.4, 0.5) is 48.3 Å². The lowest BCUT2D eigenvalue weighted by atomic mass is 9.98. The lowest BCUT2D eigenvalue weighted by molar-refractivity contribution is -0.484. The van der Waals surface area contributed by atoms with Crippen molar-refractivity contribution >= 4 is 5.78 Å². The molecule has 1 aromatic carbocycles. The molecule has 0 atom stereocenters. The zero-order valence-electron chi connectivity index (χ0n) is 20.0. The third kappa shape index (κ3) is 7.47. The number of methoxy groups -OCH3 is 1. The minimum atomic E-state index is -6.18. The molecule has 0 saturated carbocycles. The van der Waals surface area contributed by atoms with E-state index in [0.717, 1.165) is 12.1 Å². The standard InChI is InChI=1S/C21H21F11O6/c1-15(2,37-21(30,31)32)18(24,25)20(28,29)36-16(3,4)19(26,27)38-17(22,23)14(34)10-13(33)11-6-8-12(35-5)9-7-11/h6-10,34H,1-5H3/b14-10-. The number of aliphatic hydroxyl groups is 1. The van der Waals surface area contributed by atoms with E-state index >= 15 is 0 Å². The van der Waals surface area contributed by atoms with Crippen LogP contribution in [0.1, 0.15) is 38.1 Å². The molecule has 1 N–H and O–H groups in total. The summed E-state index contributed by atoms with van der Waals surface area (Å²) >= 11 is 0. The fraction of sp³-hybridized carbons (Fsp3) is 0.571. The molecule has 1 rings (SSSR count). The molecule has 0 aliphatic rings. The Balaban J connectivity index is 3.20. The molecule has 38 heavy (non-hydrogen) atoms. The van der Waals surface area contributed by atoms with Gasteiger partial charge in [-0.3, -0.25) is 9.53 Å². The van der Waals surface area contributed by atoms with Crippen molar-refractivity contribution in [2.24, 2.45) is 0 Å². The van der Waals surface area contributed by atoms with E-state index in [1.54, 1.807) is 0 Å². The van der Waals surface area contributed by atoms with Crippen molar-refractivity contribution in [2.75, 3.05) is 7.11 Å². The smallest absolute Gasteiger partial charge is 0.504 e. The fourth-order valence-corrected chi connectivity index (χ4v) is 2.53. The van der Waals surface area contributed by atoms with Gasteiger partial charge < -0.3 is 14.6 Å². The van der Waals surface area contributed by atoms with Crippen molar-refractivity contribution < 1.29 is 77.1 Å². The van der Waals surface area contributed by atoms with Crippen LogP contribution in [0.15, 0.2) is 36.1 Å². The van der Waals surface area contributed by atoms with Gasteiger partial charge in [-0.2, -0.15) is 35.1 Å². The Bertz CT molecular complexity index is 1020. The molecule has 218 valence electrons. The van der Waals surface area contributed by atoms with Gasteiger partial charge in [0.25, 0.3) is 0 Å². The molecule has 0 bridgehead atoms. The predicted molar refractivity (Wildman–Crippen MR) is 105 cm³/mol. The monoisotopic (exact) mass is 578 g/mol. The minimum Gasteiger partial charge on any atom is -0.504 e. The second-order valence-electron chi connectivity index (χ2n) is 8.52. The third-order valence-corrected chi connectivity index (χ3v) is 4.77. The highest BCUT2D eigenvalue weighted by Gasteiger charge is 2.73. The summed E-state index contributed by atoms with van der Waals surface area (Å²) in [5, 5.41) is 9.49. The van der Waals surface area contributed by atoms with E-state index in [2.05, 4.69) is 14.2 Å². The number of ketones is 1. The van der Waals surface area contributed by atoms with Crippen LogP contribution in [0.5, 0.6) is 5.75 Å². The molecule has 0 amide bonds. The topological polar surface area (TPSA) is 74.2 Å². The number of hydrogen-bond donors (Lipinski definition) is 1. The van der Waals surface area contributed by atoms with Crippen molar-refractivity contribution in [1.82, 2.24) is 0 Å². The molecule has 0 radical (unpaired) electrons. The first-order chi connectivity index (χ1) is 16.7. The number of ether oxygens (including phenoxy) is 4. The van der Waals surface area contributed by atoms with Crippen LogP contribution in [0.2, 0.25) is 0 Å². The molecule has 0 unspecified atom stereocenters. The maximum Gasteiger partial charge on any atom is 0.523 e. The molecule has 1 aromatic rings. The van der Waals surface area contributed by atoms with Crippen molar-refractivity contribution in [3.05, 3.63) is 41.7 Å². The molecule has 17 heteroatoms. The second kappa shape index (κ2) is 10.5.